The van der Waals surface area contributed by atoms with Gasteiger partial charge in [0.1, 0.15) is 16.4 Å². The van der Waals surface area contributed by atoms with Gasteiger partial charge in [-0.25, -0.2) is 8.42 Å². The molecule has 0 aromatic heterocycles. The quantitative estimate of drug-likeness (QED) is 0.781. The van der Waals surface area contributed by atoms with Crippen LogP contribution in [0.15, 0.2) is 17.0 Å². The maximum absolute atomic E-state index is 12.7. The number of anilines is 1. The Balaban J connectivity index is 2.42. The van der Waals surface area contributed by atoms with Gasteiger partial charge in [-0.15, -0.1) is 0 Å². The fourth-order valence-electron chi connectivity index (χ4n) is 2.32. The number of sulfonamides is 1. The summed E-state index contributed by atoms with van der Waals surface area (Å²) in [5.74, 6) is 0.548. The zero-order valence-electron chi connectivity index (χ0n) is 12.1. The monoisotopic (exact) mass is 316 g/mol. The molecule has 0 radical (unpaired) electrons. The highest BCUT2D eigenvalue weighted by atomic mass is 32.2. The molecule has 1 aromatic rings. The first kappa shape index (κ1) is 15.9. The minimum absolute atomic E-state index is 0.0136. The molecule has 0 aliphatic carbocycles. The molecule has 0 amide bonds. The molecule has 8 heteroatoms. The van der Waals surface area contributed by atoms with Crippen LogP contribution in [0.3, 0.4) is 0 Å². The number of hydrogen-bond donors (Lipinski definition) is 2. The minimum atomic E-state index is -3.71. The van der Waals surface area contributed by atoms with Crippen LogP contribution in [0.2, 0.25) is 0 Å². The first-order valence-electron chi connectivity index (χ1n) is 6.60. The standard InChI is InChI=1S/C13H20N2O5S/c1-19-11-8-12(20-2)13(7-10(11)14)21(17,18)15-5-3-9(16)4-6-15/h7-9,16H,3-6,14H2,1-2H3. The molecule has 2 rings (SSSR count). The molecule has 1 fully saturated rings. The summed E-state index contributed by atoms with van der Waals surface area (Å²) in [7, 11) is -0.871. The Bertz CT molecular complexity index is 609. The summed E-state index contributed by atoms with van der Waals surface area (Å²) in [6, 6.07) is 2.80. The van der Waals surface area contributed by atoms with E-state index in [1.165, 1.54) is 30.7 Å². The van der Waals surface area contributed by atoms with E-state index in [0.717, 1.165) is 0 Å². The summed E-state index contributed by atoms with van der Waals surface area (Å²) in [6.45, 7) is 0.553. The fourth-order valence-corrected chi connectivity index (χ4v) is 3.96. The van der Waals surface area contributed by atoms with E-state index in [2.05, 4.69) is 0 Å². The number of rotatable bonds is 4. The lowest BCUT2D eigenvalue weighted by molar-refractivity contribution is 0.113. The second-order valence-corrected chi connectivity index (χ2v) is 6.79. The second kappa shape index (κ2) is 6.08. The van der Waals surface area contributed by atoms with Crippen LogP contribution in [-0.4, -0.2) is 51.2 Å². The third-order valence-electron chi connectivity index (χ3n) is 3.56. The zero-order valence-corrected chi connectivity index (χ0v) is 12.9. The van der Waals surface area contributed by atoms with E-state index in [1.807, 2.05) is 0 Å². The first-order valence-corrected chi connectivity index (χ1v) is 8.04. The lowest BCUT2D eigenvalue weighted by Gasteiger charge is -2.29. The van der Waals surface area contributed by atoms with Crippen molar-refractivity contribution in [1.29, 1.82) is 0 Å². The van der Waals surface area contributed by atoms with Crippen LogP contribution in [0.5, 0.6) is 11.5 Å². The number of piperidine rings is 1. The van der Waals surface area contributed by atoms with E-state index in [1.54, 1.807) is 0 Å². The van der Waals surface area contributed by atoms with E-state index in [9.17, 15) is 13.5 Å². The van der Waals surface area contributed by atoms with E-state index >= 15 is 0 Å². The molecule has 1 aliphatic heterocycles. The van der Waals surface area contributed by atoms with Crippen molar-refractivity contribution in [2.45, 2.75) is 23.8 Å². The van der Waals surface area contributed by atoms with Crippen LogP contribution in [0.4, 0.5) is 5.69 Å². The van der Waals surface area contributed by atoms with Gasteiger partial charge in [0.25, 0.3) is 0 Å². The van der Waals surface area contributed by atoms with E-state index in [-0.39, 0.29) is 29.4 Å². The Morgan fingerprint density at radius 1 is 1.19 bits per heavy atom. The molecule has 0 spiro atoms. The smallest absolute Gasteiger partial charge is 0.246 e. The highest BCUT2D eigenvalue weighted by molar-refractivity contribution is 7.89. The van der Waals surface area contributed by atoms with Gasteiger partial charge in [0.15, 0.2) is 0 Å². The maximum Gasteiger partial charge on any atom is 0.246 e. The van der Waals surface area contributed by atoms with Crippen molar-refractivity contribution in [2.75, 3.05) is 33.0 Å². The first-order chi connectivity index (χ1) is 9.90. The number of aliphatic hydroxyl groups is 1. The highest BCUT2D eigenvalue weighted by Crippen LogP contribution is 2.35. The van der Waals surface area contributed by atoms with Crippen molar-refractivity contribution in [2.24, 2.45) is 0 Å². The van der Waals surface area contributed by atoms with Crippen LogP contribution in [-0.2, 0) is 10.0 Å². The molecule has 0 unspecified atom stereocenters. The average Bonchev–Trinajstić information content (AvgIpc) is 2.47. The molecule has 1 aromatic carbocycles. The highest BCUT2D eigenvalue weighted by Gasteiger charge is 2.31. The topological polar surface area (TPSA) is 102 Å². The number of benzene rings is 1. The van der Waals surface area contributed by atoms with Gasteiger partial charge >= 0.3 is 0 Å². The maximum atomic E-state index is 12.7. The predicted octanol–water partition coefficient (Wildman–Crippen LogP) is 0.431. The largest absolute Gasteiger partial charge is 0.495 e. The molecule has 0 saturated carbocycles. The number of nitrogens with zero attached hydrogens (tertiary/aromatic N) is 1. The zero-order chi connectivity index (χ0) is 15.6. The van der Waals surface area contributed by atoms with Crippen molar-refractivity contribution in [3.63, 3.8) is 0 Å². The Hall–Kier alpha value is -1.51. The molecule has 7 nitrogen and oxygen atoms in total. The summed E-state index contributed by atoms with van der Waals surface area (Å²) in [4.78, 5) is 0.0136. The lowest BCUT2D eigenvalue weighted by Crippen LogP contribution is -2.40. The summed E-state index contributed by atoms with van der Waals surface area (Å²) >= 11 is 0. The Morgan fingerprint density at radius 2 is 1.76 bits per heavy atom. The van der Waals surface area contributed by atoms with Gasteiger partial charge in [-0.05, 0) is 18.9 Å². The number of methoxy groups -OCH3 is 2. The van der Waals surface area contributed by atoms with Crippen LogP contribution < -0.4 is 15.2 Å². The van der Waals surface area contributed by atoms with E-state index < -0.39 is 16.1 Å². The van der Waals surface area contributed by atoms with Gasteiger partial charge in [0, 0.05) is 19.2 Å². The van der Waals surface area contributed by atoms with E-state index in [4.69, 9.17) is 15.2 Å². The number of nitrogens with two attached hydrogens (primary N) is 1. The number of nitrogen functional groups attached to an aromatic ring is 1. The summed E-state index contributed by atoms with van der Waals surface area (Å²) in [6.07, 6.45) is 0.402. The lowest BCUT2D eigenvalue weighted by atomic mass is 10.1. The van der Waals surface area contributed by atoms with Gasteiger partial charge in [-0.2, -0.15) is 4.31 Å². The minimum Gasteiger partial charge on any atom is -0.495 e. The molecular formula is C13H20N2O5S. The van der Waals surface area contributed by atoms with Crippen molar-refractivity contribution in [3.8, 4) is 11.5 Å². The van der Waals surface area contributed by atoms with Crippen LogP contribution in [0.25, 0.3) is 0 Å². The normalized spacial score (nSPS) is 17.7. The van der Waals surface area contributed by atoms with Crippen LogP contribution in [0.1, 0.15) is 12.8 Å². The molecular weight excluding hydrogens is 296 g/mol. The average molecular weight is 316 g/mol. The van der Waals surface area contributed by atoms with Crippen molar-refractivity contribution in [3.05, 3.63) is 12.1 Å². The molecule has 118 valence electrons. The number of ether oxygens (including phenoxy) is 2. The van der Waals surface area contributed by atoms with E-state index in [0.29, 0.717) is 18.6 Å². The van der Waals surface area contributed by atoms with Gasteiger partial charge in [-0.3, -0.25) is 0 Å². The third-order valence-corrected chi connectivity index (χ3v) is 5.48. The molecule has 1 heterocycles. The summed E-state index contributed by atoms with van der Waals surface area (Å²) < 4.78 is 36.9. The van der Waals surface area contributed by atoms with Crippen molar-refractivity contribution < 1.29 is 23.0 Å². The van der Waals surface area contributed by atoms with Gasteiger partial charge in [0.2, 0.25) is 10.0 Å². The fraction of sp³-hybridized carbons (Fsp3) is 0.538. The molecule has 1 saturated heterocycles. The third kappa shape index (κ3) is 3.07. The molecule has 21 heavy (non-hydrogen) atoms. The summed E-state index contributed by atoms with van der Waals surface area (Å²) in [5.41, 5.74) is 6.03. The van der Waals surface area contributed by atoms with Crippen LogP contribution >= 0.6 is 0 Å². The molecule has 1 aliphatic rings. The number of aliphatic hydroxyl groups excluding tert-OH is 1. The predicted molar refractivity (Wildman–Crippen MR) is 78.0 cm³/mol. The summed E-state index contributed by atoms with van der Waals surface area (Å²) in [5, 5.41) is 9.49. The SMILES string of the molecule is COc1cc(OC)c(S(=O)(=O)N2CCC(O)CC2)cc1N. The van der Waals surface area contributed by atoms with Crippen molar-refractivity contribution in [1.82, 2.24) is 4.31 Å². The Kier molecular flexibility index (Phi) is 4.60. The van der Waals surface area contributed by atoms with Crippen molar-refractivity contribution >= 4 is 15.7 Å². The number of hydrogen-bond acceptors (Lipinski definition) is 6. The molecule has 3 N–H and O–H groups in total. The second-order valence-electron chi connectivity index (χ2n) is 4.88. The Labute approximate surface area is 124 Å². The molecule has 0 atom stereocenters. The Morgan fingerprint density at radius 3 is 2.29 bits per heavy atom. The van der Waals surface area contributed by atoms with Gasteiger partial charge < -0.3 is 20.3 Å². The van der Waals surface area contributed by atoms with Gasteiger partial charge in [-0.1, -0.05) is 0 Å². The molecule has 0 bridgehead atoms. The van der Waals surface area contributed by atoms with Crippen LogP contribution in [0, 0.1) is 0 Å². The van der Waals surface area contributed by atoms with Gasteiger partial charge in [0.05, 0.1) is 26.0 Å².